The number of hydrogen-bond donors (Lipinski definition) is 2. The van der Waals surface area contributed by atoms with Gasteiger partial charge in [0, 0.05) is 13.1 Å². The molecule has 2 N–H and O–H groups in total. The Bertz CT molecular complexity index is 386. The predicted molar refractivity (Wildman–Crippen MR) is 54.9 cm³/mol. The van der Waals surface area contributed by atoms with E-state index in [1.807, 2.05) is 6.92 Å². The van der Waals surface area contributed by atoms with E-state index < -0.39 is 0 Å². The van der Waals surface area contributed by atoms with Crippen LogP contribution in [0.3, 0.4) is 0 Å². The zero-order valence-electron chi connectivity index (χ0n) is 9.24. The minimum absolute atomic E-state index is 0.0143. The highest BCUT2D eigenvalue weighted by molar-refractivity contribution is 5.89. The molecule has 1 aliphatic heterocycles. The first kappa shape index (κ1) is 11.0. The standard InChI is InChI=1S/C9H14N4O3/c1-6-11-8(16-13-6)12-7(14)3-15-9(2)4-10-5-9/h10H,3-5H2,1-2H3,(H,11,12,13,14). The normalized spacial score (nSPS) is 17.9. The second-order valence-electron chi connectivity index (χ2n) is 4.04. The number of aryl methyl sites for hydroxylation is 1. The summed E-state index contributed by atoms with van der Waals surface area (Å²) in [5.74, 6) is 0.183. The highest BCUT2D eigenvalue weighted by Crippen LogP contribution is 2.14. The van der Waals surface area contributed by atoms with Gasteiger partial charge >= 0.3 is 6.01 Å². The first-order valence-electron chi connectivity index (χ1n) is 5.02. The second-order valence-corrected chi connectivity index (χ2v) is 4.04. The van der Waals surface area contributed by atoms with Crippen molar-refractivity contribution >= 4 is 11.9 Å². The third-order valence-corrected chi connectivity index (χ3v) is 2.32. The van der Waals surface area contributed by atoms with Crippen LogP contribution in [-0.2, 0) is 9.53 Å². The lowest BCUT2D eigenvalue weighted by molar-refractivity contribution is -0.131. The van der Waals surface area contributed by atoms with E-state index in [9.17, 15) is 4.79 Å². The molecule has 0 aliphatic carbocycles. The van der Waals surface area contributed by atoms with Gasteiger partial charge < -0.3 is 14.6 Å². The molecule has 0 bridgehead atoms. The maximum Gasteiger partial charge on any atom is 0.328 e. The van der Waals surface area contributed by atoms with Gasteiger partial charge in [-0.15, -0.1) is 0 Å². The van der Waals surface area contributed by atoms with Crippen LogP contribution in [0.2, 0.25) is 0 Å². The minimum atomic E-state index is -0.295. The molecule has 1 saturated heterocycles. The van der Waals surface area contributed by atoms with Crippen molar-refractivity contribution in [3.8, 4) is 0 Å². The number of carbonyl (C=O) groups excluding carboxylic acids is 1. The molecule has 0 unspecified atom stereocenters. The van der Waals surface area contributed by atoms with Gasteiger partial charge in [-0.3, -0.25) is 10.1 Å². The van der Waals surface area contributed by atoms with Gasteiger partial charge in [0.1, 0.15) is 6.61 Å². The Labute approximate surface area is 92.5 Å². The van der Waals surface area contributed by atoms with Crippen LogP contribution in [0.15, 0.2) is 4.52 Å². The molecule has 0 saturated carbocycles. The number of aromatic nitrogens is 2. The third-order valence-electron chi connectivity index (χ3n) is 2.32. The summed E-state index contributed by atoms with van der Waals surface area (Å²) < 4.78 is 10.2. The molecular weight excluding hydrogens is 212 g/mol. The fraction of sp³-hybridized carbons (Fsp3) is 0.667. The zero-order valence-corrected chi connectivity index (χ0v) is 9.24. The summed E-state index contributed by atoms with van der Waals surface area (Å²) in [5.41, 5.74) is -0.234. The molecule has 16 heavy (non-hydrogen) atoms. The Morgan fingerprint density at radius 3 is 2.94 bits per heavy atom. The van der Waals surface area contributed by atoms with Crippen molar-refractivity contribution in [2.45, 2.75) is 19.4 Å². The first-order valence-corrected chi connectivity index (χ1v) is 5.02. The highest BCUT2D eigenvalue weighted by atomic mass is 16.5. The largest absolute Gasteiger partial charge is 0.363 e. The van der Waals surface area contributed by atoms with Crippen molar-refractivity contribution in [2.75, 3.05) is 25.0 Å². The van der Waals surface area contributed by atoms with Crippen LogP contribution < -0.4 is 10.6 Å². The number of ether oxygens (including phenoxy) is 1. The van der Waals surface area contributed by atoms with Crippen LogP contribution in [-0.4, -0.2) is 41.3 Å². The number of carbonyl (C=O) groups is 1. The van der Waals surface area contributed by atoms with E-state index in [-0.39, 0.29) is 24.1 Å². The maximum atomic E-state index is 11.4. The summed E-state index contributed by atoms with van der Waals surface area (Å²) in [4.78, 5) is 15.3. The van der Waals surface area contributed by atoms with Crippen molar-refractivity contribution in [1.29, 1.82) is 0 Å². The number of nitrogens with one attached hydrogen (secondary N) is 2. The van der Waals surface area contributed by atoms with E-state index in [4.69, 9.17) is 9.26 Å². The van der Waals surface area contributed by atoms with Gasteiger partial charge in [0.15, 0.2) is 5.82 Å². The Balaban J connectivity index is 1.76. The van der Waals surface area contributed by atoms with E-state index in [1.165, 1.54) is 0 Å². The molecule has 0 radical (unpaired) electrons. The molecular formula is C9H14N4O3. The van der Waals surface area contributed by atoms with Crippen LogP contribution in [0.4, 0.5) is 6.01 Å². The number of nitrogens with zero attached hydrogens (tertiary/aromatic N) is 2. The highest BCUT2D eigenvalue weighted by Gasteiger charge is 2.33. The molecule has 7 heteroatoms. The average molecular weight is 226 g/mol. The number of rotatable bonds is 4. The summed E-state index contributed by atoms with van der Waals surface area (Å²) in [6.45, 7) is 5.14. The van der Waals surface area contributed by atoms with E-state index in [2.05, 4.69) is 20.8 Å². The van der Waals surface area contributed by atoms with Gasteiger partial charge in [-0.2, -0.15) is 4.98 Å². The van der Waals surface area contributed by atoms with E-state index >= 15 is 0 Å². The fourth-order valence-corrected chi connectivity index (χ4v) is 1.32. The first-order chi connectivity index (χ1) is 7.57. The SMILES string of the molecule is Cc1noc(NC(=O)COC2(C)CNC2)n1. The number of hydrogen-bond acceptors (Lipinski definition) is 6. The van der Waals surface area contributed by atoms with Crippen LogP contribution in [0.25, 0.3) is 0 Å². The quantitative estimate of drug-likeness (QED) is 0.732. The van der Waals surface area contributed by atoms with E-state index in [0.29, 0.717) is 5.82 Å². The Morgan fingerprint density at radius 2 is 2.44 bits per heavy atom. The number of anilines is 1. The average Bonchev–Trinajstić information content (AvgIpc) is 2.58. The molecule has 1 fully saturated rings. The molecule has 2 heterocycles. The molecule has 88 valence electrons. The lowest BCUT2D eigenvalue weighted by Gasteiger charge is -2.38. The molecule has 1 aliphatic rings. The maximum absolute atomic E-state index is 11.4. The van der Waals surface area contributed by atoms with Crippen molar-refractivity contribution in [1.82, 2.24) is 15.5 Å². The van der Waals surface area contributed by atoms with Gasteiger partial charge in [0.25, 0.3) is 5.91 Å². The van der Waals surface area contributed by atoms with Crippen LogP contribution in [0.5, 0.6) is 0 Å². The summed E-state index contributed by atoms with van der Waals surface area (Å²) in [6, 6.07) is 0.1000. The summed E-state index contributed by atoms with van der Waals surface area (Å²) in [7, 11) is 0. The third kappa shape index (κ3) is 2.56. The minimum Gasteiger partial charge on any atom is -0.363 e. The zero-order chi connectivity index (χ0) is 11.6. The molecule has 0 atom stereocenters. The summed E-state index contributed by atoms with van der Waals surface area (Å²) >= 11 is 0. The lowest BCUT2D eigenvalue weighted by Crippen LogP contribution is -2.59. The van der Waals surface area contributed by atoms with Gasteiger partial charge in [0.2, 0.25) is 0 Å². The van der Waals surface area contributed by atoms with Gasteiger partial charge in [-0.1, -0.05) is 5.16 Å². The molecule has 1 aromatic heterocycles. The summed E-state index contributed by atoms with van der Waals surface area (Å²) in [5, 5.41) is 9.09. The van der Waals surface area contributed by atoms with E-state index in [0.717, 1.165) is 13.1 Å². The summed E-state index contributed by atoms with van der Waals surface area (Å²) in [6.07, 6.45) is 0. The van der Waals surface area contributed by atoms with E-state index in [1.54, 1.807) is 6.92 Å². The molecule has 0 spiro atoms. The van der Waals surface area contributed by atoms with Crippen LogP contribution >= 0.6 is 0 Å². The van der Waals surface area contributed by atoms with Gasteiger partial charge in [-0.25, -0.2) is 0 Å². The van der Waals surface area contributed by atoms with Gasteiger partial charge in [-0.05, 0) is 13.8 Å². The lowest BCUT2D eigenvalue weighted by atomic mass is 10.0. The van der Waals surface area contributed by atoms with Gasteiger partial charge in [0.05, 0.1) is 5.60 Å². The monoisotopic (exact) mass is 226 g/mol. The molecule has 7 nitrogen and oxygen atoms in total. The topological polar surface area (TPSA) is 89.3 Å². The molecule has 2 rings (SSSR count). The molecule has 1 aromatic rings. The Hall–Kier alpha value is -1.47. The predicted octanol–water partition coefficient (Wildman–Crippen LogP) is -0.305. The van der Waals surface area contributed by atoms with Crippen molar-refractivity contribution < 1.29 is 14.1 Å². The number of amides is 1. The van der Waals surface area contributed by atoms with Crippen molar-refractivity contribution in [2.24, 2.45) is 0 Å². The smallest absolute Gasteiger partial charge is 0.328 e. The van der Waals surface area contributed by atoms with Crippen LogP contribution in [0.1, 0.15) is 12.7 Å². The Morgan fingerprint density at radius 1 is 1.69 bits per heavy atom. The van der Waals surface area contributed by atoms with Crippen molar-refractivity contribution in [3.05, 3.63) is 5.82 Å². The van der Waals surface area contributed by atoms with Crippen LogP contribution in [0, 0.1) is 6.92 Å². The fourth-order valence-electron chi connectivity index (χ4n) is 1.32. The molecule has 0 aromatic carbocycles. The Kier molecular flexibility index (Phi) is 2.88. The van der Waals surface area contributed by atoms with Crippen molar-refractivity contribution in [3.63, 3.8) is 0 Å². The molecule has 1 amide bonds. The second kappa shape index (κ2) is 4.18.